The van der Waals surface area contributed by atoms with E-state index in [0.717, 1.165) is 42.4 Å². The van der Waals surface area contributed by atoms with Crippen LogP contribution in [0.25, 0.3) is 0 Å². The molecule has 5 heteroatoms. The first kappa shape index (κ1) is 28.9. The van der Waals surface area contributed by atoms with Crippen molar-refractivity contribution >= 4 is 23.4 Å². The molecule has 1 atom stereocenters. The lowest BCUT2D eigenvalue weighted by molar-refractivity contribution is -0.141. The van der Waals surface area contributed by atoms with Gasteiger partial charge in [0.2, 0.25) is 11.8 Å². The van der Waals surface area contributed by atoms with E-state index in [1.807, 2.05) is 54.6 Å². The van der Waals surface area contributed by atoms with Gasteiger partial charge in [-0.05, 0) is 59.1 Å². The number of aryl methyl sites for hydroxylation is 1. The highest BCUT2D eigenvalue weighted by Gasteiger charge is 2.32. The van der Waals surface area contributed by atoms with Crippen molar-refractivity contribution in [1.29, 1.82) is 0 Å². The van der Waals surface area contributed by atoms with E-state index in [1.54, 1.807) is 4.90 Å². The summed E-state index contributed by atoms with van der Waals surface area (Å²) in [5, 5.41) is 3.92. The summed E-state index contributed by atoms with van der Waals surface area (Å²) in [5.41, 5.74) is 4.47. The quantitative estimate of drug-likeness (QED) is 0.292. The topological polar surface area (TPSA) is 49.4 Å². The molecule has 3 aromatic carbocycles. The molecule has 0 saturated heterocycles. The summed E-state index contributed by atoms with van der Waals surface area (Å²) in [6, 6.07) is 25.6. The van der Waals surface area contributed by atoms with Crippen molar-refractivity contribution in [3.8, 4) is 0 Å². The van der Waals surface area contributed by atoms with E-state index in [1.165, 1.54) is 5.56 Å². The Morgan fingerprint density at radius 3 is 2.10 bits per heavy atom. The van der Waals surface area contributed by atoms with Gasteiger partial charge in [-0.15, -0.1) is 0 Å². The smallest absolute Gasteiger partial charge is 0.243 e. The van der Waals surface area contributed by atoms with Crippen LogP contribution in [0.1, 0.15) is 75.1 Å². The van der Waals surface area contributed by atoms with E-state index in [0.29, 0.717) is 30.8 Å². The molecule has 0 aromatic heterocycles. The fraction of sp³-hybridized carbons (Fsp3) is 0.412. The predicted octanol–water partition coefficient (Wildman–Crippen LogP) is 7.27. The molecule has 0 heterocycles. The minimum absolute atomic E-state index is 0.0210. The van der Waals surface area contributed by atoms with Crippen LogP contribution in [0.5, 0.6) is 0 Å². The van der Waals surface area contributed by atoms with E-state index < -0.39 is 6.04 Å². The summed E-state index contributed by atoms with van der Waals surface area (Å²) < 4.78 is 0. The van der Waals surface area contributed by atoms with Crippen LogP contribution in [-0.2, 0) is 34.4 Å². The van der Waals surface area contributed by atoms with Crippen molar-refractivity contribution in [2.75, 3.05) is 0 Å². The summed E-state index contributed by atoms with van der Waals surface area (Å²) >= 11 is 6.14. The first-order valence-electron chi connectivity index (χ1n) is 14.2. The molecule has 3 aromatic rings. The van der Waals surface area contributed by atoms with Gasteiger partial charge in [0, 0.05) is 30.5 Å². The number of rotatable bonds is 10. The molecular formula is C34H41ClN2O2. The number of nitrogens with one attached hydrogen (secondary N) is 1. The normalized spacial score (nSPS) is 14.7. The Bertz CT molecular complexity index is 1210. The molecule has 0 radical (unpaired) electrons. The molecule has 39 heavy (non-hydrogen) atoms. The number of halogens is 1. The lowest BCUT2D eigenvalue weighted by Crippen LogP contribution is -2.52. The number of carbonyl (C=O) groups excluding carboxylic acids is 2. The zero-order valence-electron chi connectivity index (χ0n) is 23.5. The summed E-state index contributed by atoms with van der Waals surface area (Å²) in [6.45, 7) is 6.95. The van der Waals surface area contributed by atoms with Crippen LogP contribution in [-0.4, -0.2) is 28.8 Å². The van der Waals surface area contributed by atoms with E-state index >= 15 is 0 Å². The maximum absolute atomic E-state index is 13.9. The highest BCUT2D eigenvalue weighted by molar-refractivity contribution is 6.30. The third-order valence-corrected chi connectivity index (χ3v) is 7.94. The molecule has 0 spiro atoms. The van der Waals surface area contributed by atoms with Gasteiger partial charge in [-0.3, -0.25) is 9.59 Å². The van der Waals surface area contributed by atoms with Gasteiger partial charge in [0.25, 0.3) is 0 Å². The number of amides is 2. The number of hydrogen-bond donors (Lipinski definition) is 1. The average Bonchev–Trinajstić information content (AvgIpc) is 3.43. The Morgan fingerprint density at radius 2 is 1.49 bits per heavy atom. The number of carbonyl (C=O) groups is 2. The molecule has 1 fully saturated rings. The van der Waals surface area contributed by atoms with Crippen LogP contribution in [0.3, 0.4) is 0 Å². The number of benzene rings is 3. The molecule has 2 amide bonds. The monoisotopic (exact) mass is 544 g/mol. The summed E-state index contributed by atoms with van der Waals surface area (Å²) in [6.07, 6.45) is 5.70. The lowest BCUT2D eigenvalue weighted by Gasteiger charge is -2.32. The average molecular weight is 545 g/mol. The van der Waals surface area contributed by atoms with Crippen LogP contribution in [0.15, 0.2) is 78.9 Å². The van der Waals surface area contributed by atoms with E-state index in [9.17, 15) is 9.59 Å². The molecule has 0 bridgehead atoms. The minimum Gasteiger partial charge on any atom is -0.352 e. The first-order chi connectivity index (χ1) is 18.7. The highest BCUT2D eigenvalue weighted by atomic mass is 35.5. The maximum atomic E-state index is 13.9. The van der Waals surface area contributed by atoms with Crippen molar-refractivity contribution < 1.29 is 9.59 Å². The Labute approximate surface area is 238 Å². The molecular weight excluding hydrogens is 504 g/mol. The van der Waals surface area contributed by atoms with Gasteiger partial charge < -0.3 is 10.2 Å². The van der Waals surface area contributed by atoms with Crippen molar-refractivity contribution in [1.82, 2.24) is 10.2 Å². The second-order valence-electron chi connectivity index (χ2n) is 11.8. The van der Waals surface area contributed by atoms with Gasteiger partial charge in [0.1, 0.15) is 6.04 Å². The summed E-state index contributed by atoms with van der Waals surface area (Å²) in [5.74, 6) is -0.0880. The second-order valence-corrected chi connectivity index (χ2v) is 12.2. The van der Waals surface area contributed by atoms with Gasteiger partial charge in [0.05, 0.1) is 0 Å². The molecule has 0 aliphatic heterocycles. The number of nitrogens with zero attached hydrogens (tertiary/aromatic N) is 1. The summed E-state index contributed by atoms with van der Waals surface area (Å²) in [4.78, 5) is 29.5. The third-order valence-electron chi connectivity index (χ3n) is 7.69. The maximum Gasteiger partial charge on any atom is 0.243 e. The van der Waals surface area contributed by atoms with E-state index in [2.05, 4.69) is 50.4 Å². The summed E-state index contributed by atoms with van der Waals surface area (Å²) in [7, 11) is 0. The molecule has 4 rings (SSSR count). The van der Waals surface area contributed by atoms with Crippen molar-refractivity contribution in [3.63, 3.8) is 0 Å². The zero-order valence-corrected chi connectivity index (χ0v) is 24.2. The first-order valence-corrected chi connectivity index (χ1v) is 14.5. The van der Waals surface area contributed by atoms with Gasteiger partial charge in [-0.25, -0.2) is 0 Å². The highest BCUT2D eigenvalue weighted by Crippen LogP contribution is 2.24. The van der Waals surface area contributed by atoms with Gasteiger partial charge in [-0.1, -0.05) is 112 Å². The molecule has 1 aliphatic carbocycles. The Kier molecular flexibility index (Phi) is 9.85. The Balaban J connectivity index is 1.58. The van der Waals surface area contributed by atoms with Gasteiger partial charge in [0.15, 0.2) is 0 Å². The Morgan fingerprint density at radius 1 is 0.872 bits per heavy atom. The van der Waals surface area contributed by atoms with Crippen LogP contribution in [0, 0.1) is 0 Å². The SMILES string of the molecule is CC(C)(C)c1ccc(CCC(=O)N(Cc2ccc(Cl)cc2)[C@@H](Cc2ccccc2)C(=O)NC2CCCC2)cc1. The standard InChI is InChI=1S/C34H41ClN2O2/c1-34(2,3)28-18-13-25(14-19-28)17-22-32(38)37(24-27-15-20-29(35)21-16-27)31(23-26-9-5-4-6-10-26)33(39)36-30-11-7-8-12-30/h4-6,9-10,13-16,18-21,30-31H,7-8,11-12,17,22-24H2,1-3H3,(H,36,39)/t31-/m0/s1. The molecule has 206 valence electrons. The molecule has 1 aliphatic rings. The van der Waals surface area contributed by atoms with Crippen molar-refractivity contribution in [2.45, 2.75) is 89.8 Å². The Hall–Kier alpha value is -3.11. The molecule has 4 nitrogen and oxygen atoms in total. The fourth-order valence-electron chi connectivity index (χ4n) is 5.27. The van der Waals surface area contributed by atoms with Crippen LogP contribution >= 0.6 is 11.6 Å². The molecule has 1 N–H and O–H groups in total. The van der Waals surface area contributed by atoms with Crippen LogP contribution < -0.4 is 5.32 Å². The van der Waals surface area contributed by atoms with Crippen molar-refractivity contribution in [2.24, 2.45) is 0 Å². The van der Waals surface area contributed by atoms with E-state index in [-0.39, 0.29) is 23.3 Å². The number of hydrogen-bond acceptors (Lipinski definition) is 2. The zero-order chi connectivity index (χ0) is 27.8. The van der Waals surface area contributed by atoms with Gasteiger partial charge >= 0.3 is 0 Å². The molecule has 0 unspecified atom stereocenters. The van der Waals surface area contributed by atoms with Crippen LogP contribution in [0.2, 0.25) is 5.02 Å². The predicted molar refractivity (Wildman–Crippen MR) is 160 cm³/mol. The minimum atomic E-state index is -0.598. The van der Waals surface area contributed by atoms with Gasteiger partial charge in [-0.2, -0.15) is 0 Å². The van der Waals surface area contributed by atoms with Crippen molar-refractivity contribution in [3.05, 3.63) is 106 Å². The van der Waals surface area contributed by atoms with E-state index in [4.69, 9.17) is 11.6 Å². The molecule has 1 saturated carbocycles. The third kappa shape index (κ3) is 8.44. The lowest BCUT2D eigenvalue weighted by atomic mass is 9.86. The largest absolute Gasteiger partial charge is 0.352 e. The van der Waals surface area contributed by atoms with Crippen LogP contribution in [0.4, 0.5) is 0 Å². The fourth-order valence-corrected chi connectivity index (χ4v) is 5.40. The second kappa shape index (κ2) is 13.3.